The fourth-order valence-corrected chi connectivity index (χ4v) is 2.51. The van der Waals surface area contributed by atoms with Crippen molar-refractivity contribution in [1.82, 2.24) is 9.88 Å². The summed E-state index contributed by atoms with van der Waals surface area (Å²) in [6, 6.07) is 8.32. The summed E-state index contributed by atoms with van der Waals surface area (Å²) in [5.74, 6) is 0. The third-order valence-electron chi connectivity index (χ3n) is 3.57. The van der Waals surface area contributed by atoms with Gasteiger partial charge in [0.15, 0.2) is 0 Å². The lowest BCUT2D eigenvalue weighted by atomic mass is 9.98. The van der Waals surface area contributed by atoms with E-state index in [2.05, 4.69) is 16.9 Å². The van der Waals surface area contributed by atoms with Crippen LogP contribution in [0.5, 0.6) is 0 Å². The van der Waals surface area contributed by atoms with Crippen LogP contribution in [0.15, 0.2) is 24.3 Å². The van der Waals surface area contributed by atoms with E-state index in [9.17, 15) is 0 Å². The zero-order valence-corrected chi connectivity index (χ0v) is 13.0. The zero-order chi connectivity index (χ0) is 12.1. The summed E-state index contributed by atoms with van der Waals surface area (Å²) in [7, 11) is 2.22. The fraction of sp³-hybridized carbons (Fsp3) is 0.571. The van der Waals surface area contributed by atoms with Crippen LogP contribution in [0.25, 0.3) is 0 Å². The molecule has 2 heterocycles. The molecule has 0 aliphatic carbocycles. The Hall–Kier alpha value is -0.640. The molecule has 19 heavy (non-hydrogen) atoms. The first-order chi connectivity index (χ1) is 8.25. The van der Waals surface area contributed by atoms with Gasteiger partial charge in [-0.1, -0.05) is 18.6 Å². The Morgan fingerprint density at radius 2 is 2.05 bits per heavy atom. The Morgan fingerprint density at radius 1 is 1.32 bits per heavy atom. The molecule has 0 radical (unpaired) electrons. The minimum absolute atomic E-state index is 0. The molecular weight excluding hydrogens is 281 g/mol. The molecule has 1 aromatic rings. The summed E-state index contributed by atoms with van der Waals surface area (Å²) >= 11 is 0. The summed E-state index contributed by atoms with van der Waals surface area (Å²) in [5.41, 5.74) is 1.40. The van der Waals surface area contributed by atoms with Gasteiger partial charge < -0.3 is 4.90 Å². The van der Waals surface area contributed by atoms with Crippen LogP contribution in [-0.4, -0.2) is 29.5 Å². The molecule has 1 atom stereocenters. The smallest absolute Gasteiger partial charge is 0.303 e. The van der Waals surface area contributed by atoms with Gasteiger partial charge in [-0.15, -0.1) is 24.8 Å². The summed E-state index contributed by atoms with van der Waals surface area (Å²) in [4.78, 5) is 6.76. The molecule has 0 bridgehead atoms. The van der Waals surface area contributed by atoms with Gasteiger partial charge in [-0.25, -0.2) is 4.98 Å². The highest BCUT2D eigenvalue weighted by molar-refractivity contribution is 5.85. The second-order valence-corrected chi connectivity index (χ2v) is 4.88. The molecule has 0 aromatic carbocycles. The van der Waals surface area contributed by atoms with Crippen molar-refractivity contribution in [2.75, 3.05) is 13.6 Å². The maximum atomic E-state index is 7.60. The number of piperidine rings is 1. The standard InChI is InChI=1S/C14H21N3.2ClH/c1-17-11-5-4-7-13(17)10-9-12-6-2-3-8-14(15)16-12;;/h2-3,6,8,13,15H,4-5,7,9-11H2,1H3;2*1H/p+1. The molecular formula is C14H24Cl2N3+. The number of nitrogens with zero attached hydrogens (tertiary/aromatic N) is 2. The topological polar surface area (TPSA) is 40.0 Å². The first kappa shape index (κ1) is 18.4. The van der Waals surface area contributed by atoms with Crippen LogP contribution in [0.2, 0.25) is 0 Å². The highest BCUT2D eigenvalue weighted by Gasteiger charge is 2.18. The van der Waals surface area contributed by atoms with Crippen LogP contribution in [0, 0.1) is 5.41 Å². The van der Waals surface area contributed by atoms with Gasteiger partial charge >= 0.3 is 1.43 Å². The number of hydrogen-bond donors (Lipinski definition) is 1. The molecule has 1 aromatic heterocycles. The summed E-state index contributed by atoms with van der Waals surface area (Å²) in [6.07, 6.45) is 6.14. The number of halogens is 2. The van der Waals surface area contributed by atoms with Crippen molar-refractivity contribution in [2.45, 2.75) is 38.1 Å². The number of likely N-dealkylation sites (tertiary alicyclic amines) is 1. The van der Waals surface area contributed by atoms with Crippen LogP contribution in [0.3, 0.4) is 0 Å². The predicted molar refractivity (Wildman–Crippen MR) is 84.3 cm³/mol. The van der Waals surface area contributed by atoms with Crippen LogP contribution in [0.4, 0.5) is 0 Å². The molecule has 0 spiro atoms. The van der Waals surface area contributed by atoms with Gasteiger partial charge in [0.05, 0.1) is 0 Å². The molecule has 0 amide bonds. The maximum Gasteiger partial charge on any atom is 1.00 e. The van der Waals surface area contributed by atoms with Crippen molar-refractivity contribution < 1.29 is 1.43 Å². The Labute approximate surface area is 129 Å². The van der Waals surface area contributed by atoms with Crippen molar-refractivity contribution in [3.63, 3.8) is 0 Å². The molecule has 5 heteroatoms. The number of hydrogen-bond acceptors (Lipinski definition) is 3. The van der Waals surface area contributed by atoms with E-state index >= 15 is 0 Å². The lowest BCUT2D eigenvalue weighted by Gasteiger charge is -2.32. The first-order valence-electron chi connectivity index (χ1n) is 6.47. The Morgan fingerprint density at radius 3 is 2.79 bits per heavy atom. The normalized spacial score (nSPS) is 19.1. The summed E-state index contributed by atoms with van der Waals surface area (Å²) < 4.78 is 0. The third kappa shape index (κ3) is 5.89. The Kier molecular flexibility index (Phi) is 8.98. The molecule has 1 N–H and O–H groups in total. The van der Waals surface area contributed by atoms with Crippen molar-refractivity contribution in [3.05, 3.63) is 35.4 Å². The van der Waals surface area contributed by atoms with Crippen LogP contribution in [0.1, 0.15) is 32.8 Å². The van der Waals surface area contributed by atoms with Gasteiger partial charge in [0.25, 0.3) is 0 Å². The molecule has 1 saturated heterocycles. The van der Waals surface area contributed by atoms with Crippen LogP contribution < -0.4 is 5.49 Å². The minimum atomic E-state index is 0. The minimum Gasteiger partial charge on any atom is -0.303 e. The van der Waals surface area contributed by atoms with Gasteiger partial charge in [-0.2, -0.15) is 0 Å². The van der Waals surface area contributed by atoms with E-state index in [1.807, 2.05) is 18.2 Å². The highest BCUT2D eigenvalue weighted by atomic mass is 35.5. The molecule has 3 nitrogen and oxygen atoms in total. The Balaban J connectivity index is 0. The second kappa shape index (κ2) is 9.29. The van der Waals surface area contributed by atoms with Crippen LogP contribution in [-0.2, 0) is 6.42 Å². The fourth-order valence-electron chi connectivity index (χ4n) is 2.51. The second-order valence-electron chi connectivity index (χ2n) is 4.88. The molecule has 0 saturated carbocycles. The average Bonchev–Trinajstić information content (AvgIpc) is 2.53. The van der Waals surface area contributed by atoms with Gasteiger partial charge in [0.2, 0.25) is 0 Å². The molecule has 2 rings (SSSR count). The van der Waals surface area contributed by atoms with Gasteiger partial charge in [0.1, 0.15) is 5.49 Å². The molecule has 108 valence electrons. The quantitative estimate of drug-likeness (QED) is 0.932. The van der Waals surface area contributed by atoms with E-state index in [0.717, 1.165) is 18.5 Å². The number of aromatic nitrogens is 1. The molecule has 1 aliphatic heterocycles. The van der Waals surface area contributed by atoms with E-state index in [1.54, 1.807) is 6.07 Å². The van der Waals surface area contributed by atoms with E-state index in [4.69, 9.17) is 5.41 Å². The Bertz CT molecular complexity index is 431. The lowest BCUT2D eigenvalue weighted by molar-refractivity contribution is 0.176. The van der Waals surface area contributed by atoms with Crippen molar-refractivity contribution in [1.29, 1.82) is 5.41 Å². The van der Waals surface area contributed by atoms with E-state index in [1.165, 1.54) is 25.8 Å². The molecule has 1 unspecified atom stereocenters. The number of nitrogens with one attached hydrogen (secondary N) is 1. The molecule has 1 fully saturated rings. The highest BCUT2D eigenvalue weighted by Crippen LogP contribution is 2.18. The van der Waals surface area contributed by atoms with Crippen molar-refractivity contribution >= 4 is 24.8 Å². The van der Waals surface area contributed by atoms with E-state index in [0.29, 0.717) is 11.5 Å². The van der Waals surface area contributed by atoms with E-state index in [-0.39, 0.29) is 26.2 Å². The van der Waals surface area contributed by atoms with Crippen molar-refractivity contribution in [2.24, 2.45) is 0 Å². The van der Waals surface area contributed by atoms with E-state index < -0.39 is 0 Å². The van der Waals surface area contributed by atoms with Gasteiger partial charge in [-0.3, -0.25) is 5.41 Å². The summed E-state index contributed by atoms with van der Waals surface area (Å²) in [6.45, 7) is 1.23. The number of aryl methyl sites for hydroxylation is 1. The monoisotopic (exact) mass is 304 g/mol. The van der Waals surface area contributed by atoms with Crippen molar-refractivity contribution in [3.8, 4) is 0 Å². The van der Waals surface area contributed by atoms with Gasteiger partial charge in [0, 0.05) is 11.7 Å². The SMILES string of the molecule is CN1CCCCC1CCc1ccccc(=N)n1.Cl.Cl.[H+]. The lowest BCUT2D eigenvalue weighted by Crippen LogP contribution is -2.36. The first-order valence-corrected chi connectivity index (χ1v) is 6.47. The maximum absolute atomic E-state index is 7.60. The predicted octanol–water partition coefficient (Wildman–Crippen LogP) is 2.93. The third-order valence-corrected chi connectivity index (χ3v) is 3.57. The molecule has 1 aliphatic rings. The number of rotatable bonds is 3. The van der Waals surface area contributed by atoms with Crippen LogP contribution >= 0.6 is 24.8 Å². The average molecular weight is 305 g/mol. The zero-order valence-electron chi connectivity index (χ0n) is 12.3. The van der Waals surface area contributed by atoms with Gasteiger partial charge in [-0.05, 0) is 51.4 Å². The summed E-state index contributed by atoms with van der Waals surface area (Å²) in [5, 5.41) is 7.60. The largest absolute Gasteiger partial charge is 1.00 e.